The highest BCUT2D eigenvalue weighted by Crippen LogP contribution is 2.31. The molecule has 6 heteroatoms. The normalized spacial score (nSPS) is 16.2. The SMILES string of the molecule is Cc1[nH]ncc1-c1ccc2cnc3[nH]c(CC4CCN(CCF)CC4)cc3c2c1. The third kappa shape index (κ3) is 3.53. The van der Waals surface area contributed by atoms with Crippen LogP contribution in [0.4, 0.5) is 4.39 Å². The monoisotopic (exact) mass is 391 g/mol. The number of aryl methyl sites for hydroxylation is 1. The Labute approximate surface area is 169 Å². The summed E-state index contributed by atoms with van der Waals surface area (Å²) in [6, 6.07) is 8.78. The molecule has 1 fully saturated rings. The number of fused-ring (bicyclic) bond motifs is 3. The van der Waals surface area contributed by atoms with Crippen LogP contribution in [0, 0.1) is 12.8 Å². The van der Waals surface area contributed by atoms with Gasteiger partial charge in [0.2, 0.25) is 0 Å². The molecule has 150 valence electrons. The van der Waals surface area contributed by atoms with E-state index >= 15 is 0 Å². The molecule has 1 saturated heterocycles. The largest absolute Gasteiger partial charge is 0.343 e. The molecule has 1 aliphatic rings. The average molecular weight is 391 g/mol. The third-order valence-corrected chi connectivity index (χ3v) is 6.29. The van der Waals surface area contributed by atoms with Gasteiger partial charge in [0.15, 0.2) is 0 Å². The Morgan fingerprint density at radius 3 is 2.76 bits per heavy atom. The first-order valence-corrected chi connectivity index (χ1v) is 10.4. The molecule has 0 amide bonds. The van der Waals surface area contributed by atoms with Crippen molar-refractivity contribution in [2.24, 2.45) is 5.92 Å². The number of benzene rings is 1. The van der Waals surface area contributed by atoms with Crippen molar-refractivity contribution in [1.82, 2.24) is 25.1 Å². The smallest absolute Gasteiger partial charge is 0.138 e. The maximum atomic E-state index is 12.5. The lowest BCUT2D eigenvalue weighted by molar-refractivity contribution is 0.172. The molecule has 0 unspecified atom stereocenters. The van der Waals surface area contributed by atoms with Gasteiger partial charge in [-0.05, 0) is 68.3 Å². The summed E-state index contributed by atoms with van der Waals surface area (Å²) in [7, 11) is 0. The highest BCUT2D eigenvalue weighted by molar-refractivity contribution is 6.06. The quantitative estimate of drug-likeness (QED) is 0.521. The average Bonchev–Trinajstić information content (AvgIpc) is 3.35. The first kappa shape index (κ1) is 18.3. The highest BCUT2D eigenvalue weighted by Gasteiger charge is 2.20. The zero-order valence-electron chi connectivity index (χ0n) is 16.7. The Morgan fingerprint density at radius 2 is 2.00 bits per heavy atom. The number of alkyl halides is 1. The molecule has 4 aromatic rings. The summed E-state index contributed by atoms with van der Waals surface area (Å²) in [6.07, 6.45) is 7.12. The van der Waals surface area contributed by atoms with Crippen molar-refractivity contribution >= 4 is 21.8 Å². The van der Waals surface area contributed by atoms with E-state index in [-0.39, 0.29) is 6.67 Å². The summed E-state index contributed by atoms with van der Waals surface area (Å²) in [5.74, 6) is 0.648. The second-order valence-electron chi connectivity index (χ2n) is 8.20. The van der Waals surface area contributed by atoms with Crippen LogP contribution >= 0.6 is 0 Å². The van der Waals surface area contributed by atoms with E-state index in [1.54, 1.807) is 0 Å². The lowest BCUT2D eigenvalue weighted by atomic mass is 9.92. The lowest BCUT2D eigenvalue weighted by Gasteiger charge is -2.31. The zero-order chi connectivity index (χ0) is 19.8. The minimum absolute atomic E-state index is 0.244. The summed E-state index contributed by atoms with van der Waals surface area (Å²) in [6.45, 7) is 4.38. The van der Waals surface area contributed by atoms with Crippen LogP contribution in [0.25, 0.3) is 32.9 Å². The highest BCUT2D eigenvalue weighted by atomic mass is 19.1. The standard InChI is InChI=1S/C23H26FN5/c1-15-22(14-26-28-15)17-2-3-18-13-25-23-21(20(18)11-17)12-19(27-23)10-16-4-7-29(8-5-16)9-6-24/h2-3,11-14,16H,4-10H2,1H3,(H,25,27)(H,26,28). The minimum Gasteiger partial charge on any atom is -0.343 e. The molecule has 0 aliphatic carbocycles. The van der Waals surface area contributed by atoms with Gasteiger partial charge in [0.25, 0.3) is 0 Å². The van der Waals surface area contributed by atoms with Gasteiger partial charge in [-0.2, -0.15) is 5.10 Å². The predicted molar refractivity (Wildman–Crippen MR) is 115 cm³/mol. The Kier molecular flexibility index (Phi) is 4.79. The van der Waals surface area contributed by atoms with E-state index < -0.39 is 0 Å². The molecule has 5 nitrogen and oxygen atoms in total. The fraction of sp³-hybridized carbons (Fsp3) is 0.391. The van der Waals surface area contributed by atoms with Crippen LogP contribution in [0.1, 0.15) is 24.2 Å². The summed E-state index contributed by atoms with van der Waals surface area (Å²) < 4.78 is 12.5. The van der Waals surface area contributed by atoms with Gasteiger partial charge in [0.05, 0.1) is 6.20 Å². The molecule has 0 bridgehead atoms. The van der Waals surface area contributed by atoms with Crippen molar-refractivity contribution in [2.75, 3.05) is 26.3 Å². The van der Waals surface area contributed by atoms with E-state index in [0.29, 0.717) is 12.5 Å². The Bertz CT molecular complexity index is 1140. The molecule has 1 aliphatic heterocycles. The number of aromatic nitrogens is 4. The van der Waals surface area contributed by atoms with E-state index in [1.807, 2.05) is 19.3 Å². The molecule has 0 spiro atoms. The van der Waals surface area contributed by atoms with Crippen molar-refractivity contribution in [2.45, 2.75) is 26.2 Å². The van der Waals surface area contributed by atoms with Crippen LogP contribution < -0.4 is 0 Å². The van der Waals surface area contributed by atoms with Gasteiger partial charge >= 0.3 is 0 Å². The van der Waals surface area contributed by atoms with Gasteiger partial charge in [-0.3, -0.25) is 5.10 Å². The summed E-state index contributed by atoms with van der Waals surface area (Å²) >= 11 is 0. The Morgan fingerprint density at radius 1 is 1.14 bits per heavy atom. The zero-order valence-corrected chi connectivity index (χ0v) is 16.7. The molecule has 2 N–H and O–H groups in total. The maximum absolute atomic E-state index is 12.5. The number of halogens is 1. The fourth-order valence-corrected chi connectivity index (χ4v) is 4.61. The molecule has 0 atom stereocenters. The van der Waals surface area contributed by atoms with Gasteiger partial charge in [0, 0.05) is 40.5 Å². The number of nitrogens with zero attached hydrogens (tertiary/aromatic N) is 3. The van der Waals surface area contributed by atoms with Crippen LogP contribution in [0.15, 0.2) is 36.7 Å². The third-order valence-electron chi connectivity index (χ3n) is 6.29. The Balaban J connectivity index is 1.44. The van der Waals surface area contributed by atoms with Crippen molar-refractivity contribution < 1.29 is 4.39 Å². The van der Waals surface area contributed by atoms with E-state index in [9.17, 15) is 4.39 Å². The van der Waals surface area contributed by atoms with Gasteiger partial charge in [-0.1, -0.05) is 12.1 Å². The van der Waals surface area contributed by atoms with Crippen LogP contribution in [0.2, 0.25) is 0 Å². The topological polar surface area (TPSA) is 60.6 Å². The molecular formula is C23H26FN5. The number of likely N-dealkylation sites (tertiary alicyclic amines) is 1. The number of rotatable bonds is 5. The van der Waals surface area contributed by atoms with Crippen molar-refractivity contribution in [3.05, 3.63) is 48.0 Å². The number of aromatic amines is 2. The number of piperidine rings is 1. The molecule has 4 heterocycles. The fourth-order valence-electron chi connectivity index (χ4n) is 4.61. The number of hydrogen-bond donors (Lipinski definition) is 2. The molecule has 1 aromatic carbocycles. The number of H-pyrrole nitrogens is 2. The maximum Gasteiger partial charge on any atom is 0.138 e. The molecule has 0 saturated carbocycles. The van der Waals surface area contributed by atoms with E-state index in [0.717, 1.165) is 54.6 Å². The molecule has 0 radical (unpaired) electrons. The molecular weight excluding hydrogens is 365 g/mol. The predicted octanol–water partition coefficient (Wildman–Crippen LogP) is 4.64. The summed E-state index contributed by atoms with van der Waals surface area (Å²) in [5, 5.41) is 10.7. The Hall–Kier alpha value is -2.73. The van der Waals surface area contributed by atoms with E-state index in [1.165, 1.54) is 22.0 Å². The second kappa shape index (κ2) is 7.59. The van der Waals surface area contributed by atoms with Gasteiger partial charge in [-0.15, -0.1) is 0 Å². The van der Waals surface area contributed by atoms with Crippen molar-refractivity contribution in [3.8, 4) is 11.1 Å². The second-order valence-corrected chi connectivity index (χ2v) is 8.20. The molecule has 5 rings (SSSR count). The molecule has 29 heavy (non-hydrogen) atoms. The summed E-state index contributed by atoms with van der Waals surface area (Å²) in [5.41, 5.74) is 5.56. The van der Waals surface area contributed by atoms with Gasteiger partial charge in [-0.25, -0.2) is 9.37 Å². The number of nitrogens with one attached hydrogen (secondary N) is 2. The van der Waals surface area contributed by atoms with Crippen LogP contribution in [0.3, 0.4) is 0 Å². The van der Waals surface area contributed by atoms with Crippen LogP contribution in [-0.4, -0.2) is 51.4 Å². The summed E-state index contributed by atoms with van der Waals surface area (Å²) in [4.78, 5) is 10.4. The van der Waals surface area contributed by atoms with E-state index in [2.05, 4.69) is 49.3 Å². The molecule has 3 aromatic heterocycles. The minimum atomic E-state index is -0.244. The number of pyridine rings is 1. The van der Waals surface area contributed by atoms with Crippen LogP contribution in [0.5, 0.6) is 0 Å². The van der Waals surface area contributed by atoms with Crippen LogP contribution in [-0.2, 0) is 6.42 Å². The van der Waals surface area contributed by atoms with Gasteiger partial charge in [0.1, 0.15) is 12.3 Å². The van der Waals surface area contributed by atoms with E-state index in [4.69, 9.17) is 0 Å². The lowest BCUT2D eigenvalue weighted by Crippen LogP contribution is -2.35. The first-order valence-electron chi connectivity index (χ1n) is 10.4. The number of hydrogen-bond acceptors (Lipinski definition) is 3. The van der Waals surface area contributed by atoms with Crippen molar-refractivity contribution in [3.63, 3.8) is 0 Å². The van der Waals surface area contributed by atoms with Crippen molar-refractivity contribution in [1.29, 1.82) is 0 Å². The van der Waals surface area contributed by atoms with Gasteiger partial charge < -0.3 is 9.88 Å². The first-order chi connectivity index (χ1) is 14.2.